The number of carbonyl (C=O) groups excluding carboxylic acids is 2. The monoisotopic (exact) mass is 375 g/mol. The Labute approximate surface area is 141 Å². The molecule has 0 fully saturated rings. The number of para-hydroxylation sites is 2. The summed E-state index contributed by atoms with van der Waals surface area (Å²) in [4.78, 5) is 25.5. The number of hydrogen-bond donors (Lipinski definition) is 0. The zero-order chi connectivity index (χ0) is 16.2. The fourth-order valence-corrected chi connectivity index (χ4v) is 2.67. The van der Waals surface area contributed by atoms with Crippen LogP contribution >= 0.6 is 15.9 Å². The summed E-state index contributed by atoms with van der Waals surface area (Å²) in [6.07, 6.45) is 0. The number of hydrogen-bond acceptors (Lipinski definition) is 4. The fourth-order valence-electron chi connectivity index (χ4n) is 2.28. The van der Waals surface area contributed by atoms with Crippen molar-refractivity contribution in [1.82, 2.24) is 0 Å². The second-order valence-corrected chi connectivity index (χ2v) is 5.84. The van der Waals surface area contributed by atoms with Crippen molar-refractivity contribution < 1.29 is 19.1 Å². The summed E-state index contributed by atoms with van der Waals surface area (Å²) in [5.41, 5.74) is 1.45. The SMILES string of the molecule is O=C(CN1C(=O)COc2ccccc21)OCc1ccccc1Br. The topological polar surface area (TPSA) is 55.8 Å². The Morgan fingerprint density at radius 2 is 1.91 bits per heavy atom. The Morgan fingerprint density at radius 3 is 2.74 bits per heavy atom. The van der Waals surface area contributed by atoms with E-state index in [-0.39, 0.29) is 25.7 Å². The summed E-state index contributed by atoms with van der Waals surface area (Å²) >= 11 is 3.40. The van der Waals surface area contributed by atoms with E-state index in [1.165, 1.54) is 4.90 Å². The first-order valence-electron chi connectivity index (χ1n) is 7.06. The van der Waals surface area contributed by atoms with Gasteiger partial charge in [-0.25, -0.2) is 0 Å². The van der Waals surface area contributed by atoms with Crippen molar-refractivity contribution in [2.75, 3.05) is 18.1 Å². The molecule has 6 heteroatoms. The molecule has 23 heavy (non-hydrogen) atoms. The van der Waals surface area contributed by atoms with Gasteiger partial charge in [0.1, 0.15) is 18.9 Å². The van der Waals surface area contributed by atoms with E-state index in [1.807, 2.05) is 30.3 Å². The smallest absolute Gasteiger partial charge is 0.326 e. The molecule has 0 unspecified atom stereocenters. The van der Waals surface area contributed by atoms with Crippen molar-refractivity contribution in [1.29, 1.82) is 0 Å². The summed E-state index contributed by atoms with van der Waals surface area (Å²) in [7, 11) is 0. The number of carbonyl (C=O) groups is 2. The molecule has 2 aromatic rings. The number of rotatable bonds is 4. The van der Waals surface area contributed by atoms with Gasteiger partial charge in [-0.15, -0.1) is 0 Å². The lowest BCUT2D eigenvalue weighted by Crippen LogP contribution is -2.42. The molecular formula is C17H14BrNO4. The third kappa shape index (κ3) is 3.53. The first kappa shape index (κ1) is 15.6. The number of ether oxygens (including phenoxy) is 2. The van der Waals surface area contributed by atoms with E-state index in [0.717, 1.165) is 10.0 Å². The predicted octanol–water partition coefficient (Wildman–Crippen LogP) is 2.92. The highest BCUT2D eigenvalue weighted by Crippen LogP contribution is 2.31. The summed E-state index contributed by atoms with van der Waals surface area (Å²) in [5, 5.41) is 0. The van der Waals surface area contributed by atoms with Crippen molar-refractivity contribution >= 4 is 33.5 Å². The molecule has 1 amide bonds. The van der Waals surface area contributed by atoms with Crippen LogP contribution in [0.4, 0.5) is 5.69 Å². The molecular weight excluding hydrogens is 362 g/mol. The first-order chi connectivity index (χ1) is 11.1. The average molecular weight is 376 g/mol. The summed E-state index contributed by atoms with van der Waals surface area (Å²) < 4.78 is 11.5. The molecule has 3 rings (SSSR count). The molecule has 0 bridgehead atoms. The second-order valence-electron chi connectivity index (χ2n) is 4.99. The summed E-state index contributed by atoms with van der Waals surface area (Å²) in [5.74, 6) is -0.141. The average Bonchev–Trinajstić information content (AvgIpc) is 2.57. The Morgan fingerprint density at radius 1 is 1.17 bits per heavy atom. The number of amides is 1. The minimum Gasteiger partial charge on any atom is -0.482 e. The summed E-state index contributed by atoms with van der Waals surface area (Å²) in [6.45, 7) is -0.0569. The van der Waals surface area contributed by atoms with Gasteiger partial charge in [-0.1, -0.05) is 46.3 Å². The van der Waals surface area contributed by atoms with E-state index in [1.54, 1.807) is 18.2 Å². The quantitative estimate of drug-likeness (QED) is 0.771. The van der Waals surface area contributed by atoms with E-state index in [2.05, 4.69) is 15.9 Å². The molecule has 5 nitrogen and oxygen atoms in total. The Hall–Kier alpha value is -2.34. The van der Waals surface area contributed by atoms with Crippen molar-refractivity contribution in [2.45, 2.75) is 6.61 Å². The van der Waals surface area contributed by atoms with Crippen molar-refractivity contribution in [2.24, 2.45) is 0 Å². The van der Waals surface area contributed by atoms with Gasteiger partial charge in [-0.3, -0.25) is 14.5 Å². The third-order valence-corrected chi connectivity index (χ3v) is 4.22. The Kier molecular flexibility index (Phi) is 4.62. The molecule has 1 heterocycles. The third-order valence-electron chi connectivity index (χ3n) is 3.44. The molecule has 0 N–H and O–H groups in total. The second kappa shape index (κ2) is 6.83. The minimum absolute atomic E-state index is 0.0749. The van der Waals surface area contributed by atoms with Gasteiger partial charge in [0.05, 0.1) is 5.69 Å². The molecule has 0 saturated carbocycles. The number of benzene rings is 2. The molecule has 118 valence electrons. The molecule has 0 aromatic heterocycles. The highest BCUT2D eigenvalue weighted by molar-refractivity contribution is 9.10. The van der Waals surface area contributed by atoms with Gasteiger partial charge in [0.15, 0.2) is 6.61 Å². The van der Waals surface area contributed by atoms with Crippen molar-refractivity contribution in [3.63, 3.8) is 0 Å². The maximum atomic E-state index is 12.1. The van der Waals surface area contributed by atoms with Crippen LogP contribution in [0.25, 0.3) is 0 Å². The molecule has 0 atom stereocenters. The lowest BCUT2D eigenvalue weighted by molar-refractivity contribution is -0.144. The van der Waals surface area contributed by atoms with Gasteiger partial charge >= 0.3 is 5.97 Å². The maximum Gasteiger partial charge on any atom is 0.326 e. The molecule has 0 aliphatic carbocycles. The van der Waals surface area contributed by atoms with E-state index in [4.69, 9.17) is 9.47 Å². The Bertz CT molecular complexity index is 747. The van der Waals surface area contributed by atoms with Gasteiger partial charge in [0.25, 0.3) is 5.91 Å². The van der Waals surface area contributed by atoms with Crippen LogP contribution in [0, 0.1) is 0 Å². The lowest BCUT2D eigenvalue weighted by Gasteiger charge is -2.28. The molecule has 1 aliphatic heterocycles. The highest BCUT2D eigenvalue weighted by Gasteiger charge is 2.27. The number of esters is 1. The number of anilines is 1. The van der Waals surface area contributed by atoms with E-state index in [9.17, 15) is 9.59 Å². The van der Waals surface area contributed by atoms with Crippen LogP contribution in [0.2, 0.25) is 0 Å². The molecule has 1 aliphatic rings. The van der Waals surface area contributed by atoms with Crippen molar-refractivity contribution in [3.05, 3.63) is 58.6 Å². The largest absolute Gasteiger partial charge is 0.482 e. The number of fused-ring (bicyclic) bond motifs is 1. The van der Waals surface area contributed by atoms with Gasteiger partial charge in [-0.2, -0.15) is 0 Å². The minimum atomic E-state index is -0.467. The summed E-state index contributed by atoms with van der Waals surface area (Å²) in [6, 6.07) is 14.6. The van der Waals surface area contributed by atoms with Crippen LogP contribution in [0.1, 0.15) is 5.56 Å². The van der Waals surface area contributed by atoms with E-state index < -0.39 is 5.97 Å². The van der Waals surface area contributed by atoms with Crippen LogP contribution in [-0.4, -0.2) is 25.0 Å². The van der Waals surface area contributed by atoms with Gasteiger partial charge in [-0.05, 0) is 18.2 Å². The lowest BCUT2D eigenvalue weighted by atomic mass is 10.2. The fraction of sp³-hybridized carbons (Fsp3) is 0.176. The van der Waals surface area contributed by atoms with Crippen LogP contribution in [0.5, 0.6) is 5.75 Å². The zero-order valence-corrected chi connectivity index (χ0v) is 13.8. The van der Waals surface area contributed by atoms with Gasteiger partial charge in [0.2, 0.25) is 0 Å². The van der Waals surface area contributed by atoms with E-state index in [0.29, 0.717) is 11.4 Å². The highest BCUT2D eigenvalue weighted by atomic mass is 79.9. The number of halogens is 1. The van der Waals surface area contributed by atoms with Crippen LogP contribution < -0.4 is 9.64 Å². The molecule has 0 saturated heterocycles. The molecule has 0 radical (unpaired) electrons. The zero-order valence-electron chi connectivity index (χ0n) is 12.2. The molecule has 2 aromatic carbocycles. The van der Waals surface area contributed by atoms with Crippen molar-refractivity contribution in [3.8, 4) is 5.75 Å². The maximum absolute atomic E-state index is 12.1. The van der Waals surface area contributed by atoms with Gasteiger partial charge in [0, 0.05) is 10.0 Å². The number of nitrogens with zero attached hydrogens (tertiary/aromatic N) is 1. The first-order valence-corrected chi connectivity index (χ1v) is 7.85. The van der Waals surface area contributed by atoms with Crippen LogP contribution in [-0.2, 0) is 20.9 Å². The van der Waals surface area contributed by atoms with Gasteiger partial charge < -0.3 is 9.47 Å². The van der Waals surface area contributed by atoms with Crippen LogP contribution in [0.15, 0.2) is 53.0 Å². The van der Waals surface area contributed by atoms with E-state index >= 15 is 0 Å². The molecule has 0 spiro atoms. The van der Waals surface area contributed by atoms with Crippen LogP contribution in [0.3, 0.4) is 0 Å². The standard InChI is InChI=1S/C17H14BrNO4/c18-13-6-2-1-5-12(13)10-23-17(21)9-19-14-7-3-4-8-15(14)22-11-16(19)20/h1-8H,9-11H2. The normalized spacial score (nSPS) is 13.3. The predicted molar refractivity (Wildman–Crippen MR) is 88.2 cm³/mol. The Balaban J connectivity index is 1.66.